The lowest BCUT2D eigenvalue weighted by Crippen LogP contribution is -2.52. The molecule has 1 aliphatic carbocycles. The van der Waals surface area contributed by atoms with Gasteiger partial charge in [0.2, 0.25) is 10.0 Å². The molecule has 1 saturated carbocycles. The zero-order valence-corrected chi connectivity index (χ0v) is 18.7. The lowest BCUT2D eigenvalue weighted by molar-refractivity contribution is 0.0870. The van der Waals surface area contributed by atoms with E-state index in [0.717, 1.165) is 32.1 Å². The van der Waals surface area contributed by atoms with Gasteiger partial charge in [-0.3, -0.25) is 4.79 Å². The van der Waals surface area contributed by atoms with Crippen LogP contribution in [0.25, 0.3) is 0 Å². The first-order valence-electron chi connectivity index (χ1n) is 10.4. The van der Waals surface area contributed by atoms with Crippen molar-refractivity contribution in [3.8, 4) is 0 Å². The summed E-state index contributed by atoms with van der Waals surface area (Å²) in [5.74, 6) is -0.268. The number of likely N-dealkylation sites (N-methyl/N-ethyl adjacent to an activating group) is 1. The Morgan fingerprint density at radius 3 is 2.32 bits per heavy atom. The average molecular weight is 428 g/mol. The van der Waals surface area contributed by atoms with Crippen LogP contribution in [-0.2, 0) is 10.0 Å². The number of hydrogen-bond donors (Lipinski definition) is 1. The second kappa shape index (κ2) is 9.24. The Balaban J connectivity index is 1.74. The molecule has 2 fully saturated rings. The van der Waals surface area contributed by atoms with E-state index in [-0.39, 0.29) is 16.3 Å². The molecule has 0 radical (unpaired) electrons. The van der Waals surface area contributed by atoms with Gasteiger partial charge in [0.15, 0.2) is 0 Å². The van der Waals surface area contributed by atoms with Crippen molar-refractivity contribution in [1.29, 1.82) is 0 Å². The Bertz CT molecular complexity index is 759. The molecule has 0 unspecified atom stereocenters. The molecule has 2 aliphatic rings. The highest BCUT2D eigenvalue weighted by Gasteiger charge is 2.35. The highest BCUT2D eigenvalue weighted by Crippen LogP contribution is 2.31. The van der Waals surface area contributed by atoms with Crippen LogP contribution in [0.1, 0.15) is 67.5 Å². The second-order valence-corrected chi connectivity index (χ2v) is 11.1. The number of rotatable bonds is 6. The molecular weight excluding hydrogens is 394 g/mol. The fourth-order valence-electron chi connectivity index (χ4n) is 4.40. The van der Waals surface area contributed by atoms with Crippen LogP contribution in [0.2, 0.25) is 0 Å². The van der Waals surface area contributed by atoms with Gasteiger partial charge in [0.1, 0.15) is 9.77 Å². The Hall–Kier alpha value is -0.960. The molecule has 0 atom stereocenters. The molecule has 1 amide bonds. The van der Waals surface area contributed by atoms with E-state index < -0.39 is 10.0 Å². The molecule has 3 rings (SSSR count). The third-order valence-electron chi connectivity index (χ3n) is 6.33. The molecule has 2 heterocycles. The maximum absolute atomic E-state index is 13.0. The van der Waals surface area contributed by atoms with E-state index in [1.54, 1.807) is 11.4 Å². The van der Waals surface area contributed by atoms with Gasteiger partial charge in [0.25, 0.3) is 5.91 Å². The zero-order valence-electron chi connectivity index (χ0n) is 17.1. The molecule has 1 N–H and O–H groups in total. The summed E-state index contributed by atoms with van der Waals surface area (Å²) in [6, 6.07) is 1.58. The maximum atomic E-state index is 13.0. The van der Waals surface area contributed by atoms with Gasteiger partial charge >= 0.3 is 0 Å². The van der Waals surface area contributed by atoms with Gasteiger partial charge in [-0.1, -0.05) is 32.1 Å². The fourth-order valence-corrected chi connectivity index (χ4v) is 7.24. The first-order valence-corrected chi connectivity index (χ1v) is 12.7. The lowest BCUT2D eigenvalue weighted by atomic mass is 9.88. The maximum Gasteiger partial charge on any atom is 0.262 e. The number of nitrogens with zero attached hydrogens (tertiary/aromatic N) is 2. The van der Waals surface area contributed by atoms with Crippen LogP contribution in [0.4, 0.5) is 0 Å². The number of nitrogens with one attached hydrogen (secondary N) is 1. The largest absolute Gasteiger partial charge is 0.349 e. The predicted octanol–water partition coefficient (Wildman–Crippen LogP) is 3.31. The molecule has 1 aromatic heterocycles. The first kappa shape index (κ1) is 21.7. The predicted molar refractivity (Wildman–Crippen MR) is 113 cm³/mol. The van der Waals surface area contributed by atoms with Crippen molar-refractivity contribution in [2.24, 2.45) is 0 Å². The van der Waals surface area contributed by atoms with E-state index in [0.29, 0.717) is 24.5 Å². The fraction of sp³-hybridized carbons (Fsp3) is 0.750. The average Bonchev–Trinajstić information content (AvgIpc) is 3.07. The number of amides is 1. The van der Waals surface area contributed by atoms with Crippen molar-refractivity contribution >= 4 is 27.3 Å². The summed E-state index contributed by atoms with van der Waals surface area (Å²) >= 11 is 1.22. The minimum absolute atomic E-state index is 0.0463. The van der Waals surface area contributed by atoms with Gasteiger partial charge in [0.05, 0.1) is 0 Å². The molecule has 6 nitrogen and oxygen atoms in total. The van der Waals surface area contributed by atoms with E-state index >= 15 is 0 Å². The van der Waals surface area contributed by atoms with Crippen LogP contribution in [0, 0.1) is 0 Å². The van der Waals surface area contributed by atoms with Gasteiger partial charge in [0, 0.05) is 25.2 Å². The molecule has 8 heteroatoms. The third-order valence-corrected chi connectivity index (χ3v) is 9.31. The van der Waals surface area contributed by atoms with Crippen molar-refractivity contribution in [2.75, 3.05) is 33.7 Å². The van der Waals surface area contributed by atoms with E-state index in [4.69, 9.17) is 0 Å². The van der Waals surface area contributed by atoms with E-state index in [9.17, 15) is 13.2 Å². The van der Waals surface area contributed by atoms with Crippen molar-refractivity contribution < 1.29 is 13.2 Å². The molecule has 28 heavy (non-hydrogen) atoms. The summed E-state index contributed by atoms with van der Waals surface area (Å²) < 4.78 is 27.6. The van der Waals surface area contributed by atoms with Gasteiger partial charge in [-0.15, -0.1) is 11.3 Å². The van der Waals surface area contributed by atoms with E-state index in [2.05, 4.69) is 24.3 Å². The normalized spacial score (nSPS) is 21.4. The lowest BCUT2D eigenvalue weighted by Gasteiger charge is -2.39. The van der Waals surface area contributed by atoms with E-state index in [1.807, 2.05) is 0 Å². The molecule has 158 valence electrons. The van der Waals surface area contributed by atoms with Crippen molar-refractivity contribution in [3.05, 3.63) is 16.3 Å². The Morgan fingerprint density at radius 1 is 1.11 bits per heavy atom. The van der Waals surface area contributed by atoms with E-state index in [1.165, 1.54) is 41.3 Å². The molecule has 0 aromatic carbocycles. The van der Waals surface area contributed by atoms with Crippen molar-refractivity contribution in [3.63, 3.8) is 0 Å². The Kier molecular flexibility index (Phi) is 7.17. The third kappa shape index (κ3) is 4.61. The minimum Gasteiger partial charge on any atom is -0.349 e. The highest BCUT2D eigenvalue weighted by molar-refractivity contribution is 7.89. The summed E-state index contributed by atoms with van der Waals surface area (Å²) in [7, 11) is 0.554. The summed E-state index contributed by atoms with van der Waals surface area (Å²) in [6.07, 6.45) is 9.78. The van der Waals surface area contributed by atoms with Crippen LogP contribution in [0.15, 0.2) is 16.3 Å². The summed E-state index contributed by atoms with van der Waals surface area (Å²) in [6.45, 7) is 1.64. The molecule has 1 aliphatic heterocycles. The van der Waals surface area contributed by atoms with Crippen LogP contribution >= 0.6 is 11.3 Å². The van der Waals surface area contributed by atoms with Gasteiger partial charge in [-0.05, 0) is 51.2 Å². The topological polar surface area (TPSA) is 69.7 Å². The quantitative estimate of drug-likeness (QED) is 0.707. The van der Waals surface area contributed by atoms with Crippen LogP contribution in [0.3, 0.4) is 0 Å². The van der Waals surface area contributed by atoms with Crippen molar-refractivity contribution in [2.45, 2.75) is 68.2 Å². The monoisotopic (exact) mass is 427 g/mol. The zero-order chi connectivity index (χ0) is 20.2. The molecule has 0 spiro atoms. The number of thiophene rings is 1. The minimum atomic E-state index is -3.60. The molecule has 1 saturated heterocycles. The second-order valence-electron chi connectivity index (χ2n) is 8.29. The SMILES string of the molecule is CN(C)C1(CNC(=O)c2sccc2S(=O)(=O)N2CCCCC2)CCCCCC1. The number of carbonyl (C=O) groups excluding carboxylic acids is 1. The number of hydrogen-bond acceptors (Lipinski definition) is 5. The summed E-state index contributed by atoms with van der Waals surface area (Å²) in [5.41, 5.74) is -0.0463. The van der Waals surface area contributed by atoms with Crippen LogP contribution in [0.5, 0.6) is 0 Å². The van der Waals surface area contributed by atoms with Crippen molar-refractivity contribution in [1.82, 2.24) is 14.5 Å². The molecular formula is C20H33N3O3S2. The first-order chi connectivity index (χ1) is 13.4. The molecule has 1 aromatic rings. The van der Waals surface area contributed by atoms with Gasteiger partial charge < -0.3 is 10.2 Å². The van der Waals surface area contributed by atoms with Gasteiger partial charge in [-0.25, -0.2) is 8.42 Å². The summed E-state index contributed by atoms with van der Waals surface area (Å²) in [4.78, 5) is 15.7. The summed E-state index contributed by atoms with van der Waals surface area (Å²) in [5, 5.41) is 4.77. The molecule has 0 bridgehead atoms. The highest BCUT2D eigenvalue weighted by atomic mass is 32.2. The van der Waals surface area contributed by atoms with Crippen LogP contribution < -0.4 is 5.32 Å². The van der Waals surface area contributed by atoms with Gasteiger partial charge in [-0.2, -0.15) is 4.31 Å². The number of sulfonamides is 1. The number of piperidine rings is 1. The standard InChI is InChI=1S/C20H33N3O3S2/c1-22(2)20(11-6-3-4-7-12-20)16-21-19(24)18-17(10-15-27-18)28(25,26)23-13-8-5-9-14-23/h10,15H,3-9,11-14,16H2,1-2H3,(H,21,24). The smallest absolute Gasteiger partial charge is 0.262 e. The Labute approximate surface area is 173 Å². The Morgan fingerprint density at radius 2 is 1.71 bits per heavy atom. The van der Waals surface area contributed by atoms with Crippen LogP contribution in [-0.4, -0.2) is 62.8 Å². The number of carbonyl (C=O) groups is 1.